The van der Waals surface area contributed by atoms with Crippen molar-refractivity contribution in [1.29, 1.82) is 0 Å². The van der Waals surface area contributed by atoms with Gasteiger partial charge < -0.3 is 4.90 Å². The van der Waals surface area contributed by atoms with Gasteiger partial charge in [0.1, 0.15) is 0 Å². The lowest BCUT2D eigenvalue weighted by Crippen LogP contribution is -2.30. The van der Waals surface area contributed by atoms with Gasteiger partial charge in [0.25, 0.3) is 0 Å². The predicted octanol–water partition coefficient (Wildman–Crippen LogP) is 2.56. The lowest BCUT2D eigenvalue weighted by Gasteiger charge is -2.19. The van der Waals surface area contributed by atoms with Crippen molar-refractivity contribution >= 4 is 21.6 Å². The third-order valence-corrected chi connectivity index (χ3v) is 5.63. The molecule has 0 amide bonds. The molecule has 1 aromatic carbocycles. The highest BCUT2D eigenvalue weighted by Gasteiger charge is 2.21. The van der Waals surface area contributed by atoms with Crippen molar-refractivity contribution in [1.82, 2.24) is 9.21 Å². The molecule has 0 spiro atoms. The van der Waals surface area contributed by atoms with Gasteiger partial charge in [-0.15, -0.1) is 11.6 Å². The number of aryl methyl sites for hydroxylation is 1. The SMILES string of the molecule is CCc1ccc(S(=O)(=O)N(C)CCCN(C)C)cc1CCl. The van der Waals surface area contributed by atoms with E-state index in [1.807, 2.05) is 32.0 Å². The average molecular weight is 333 g/mol. The summed E-state index contributed by atoms with van der Waals surface area (Å²) in [5, 5.41) is 0. The van der Waals surface area contributed by atoms with E-state index in [-0.39, 0.29) is 0 Å². The summed E-state index contributed by atoms with van der Waals surface area (Å²) in [7, 11) is 2.14. The van der Waals surface area contributed by atoms with Crippen LogP contribution in [-0.2, 0) is 22.3 Å². The molecule has 4 nitrogen and oxygen atoms in total. The summed E-state index contributed by atoms with van der Waals surface area (Å²) in [6.45, 7) is 3.40. The van der Waals surface area contributed by atoms with E-state index >= 15 is 0 Å². The number of nitrogens with zero attached hydrogens (tertiary/aromatic N) is 2. The van der Waals surface area contributed by atoms with E-state index in [2.05, 4.69) is 0 Å². The molecule has 1 aromatic rings. The maximum Gasteiger partial charge on any atom is 0.242 e. The monoisotopic (exact) mass is 332 g/mol. The van der Waals surface area contributed by atoms with Gasteiger partial charge in [-0.3, -0.25) is 0 Å². The molecular weight excluding hydrogens is 308 g/mol. The van der Waals surface area contributed by atoms with Crippen molar-refractivity contribution in [3.8, 4) is 0 Å². The topological polar surface area (TPSA) is 40.6 Å². The number of halogens is 1. The molecule has 0 saturated carbocycles. The van der Waals surface area contributed by atoms with Crippen molar-refractivity contribution < 1.29 is 8.42 Å². The Balaban J connectivity index is 2.91. The molecule has 0 atom stereocenters. The molecule has 0 radical (unpaired) electrons. The van der Waals surface area contributed by atoms with Crippen molar-refractivity contribution in [2.75, 3.05) is 34.2 Å². The van der Waals surface area contributed by atoms with Crippen LogP contribution in [0.5, 0.6) is 0 Å². The van der Waals surface area contributed by atoms with Crippen LogP contribution < -0.4 is 0 Å². The summed E-state index contributed by atoms with van der Waals surface area (Å²) in [5.74, 6) is 0.330. The third kappa shape index (κ3) is 4.95. The second kappa shape index (κ2) is 8.13. The molecule has 0 N–H and O–H groups in total. The molecule has 0 aromatic heterocycles. The largest absolute Gasteiger partial charge is 0.309 e. The summed E-state index contributed by atoms with van der Waals surface area (Å²) < 4.78 is 26.5. The zero-order valence-corrected chi connectivity index (χ0v) is 14.8. The zero-order valence-electron chi connectivity index (χ0n) is 13.3. The predicted molar refractivity (Wildman–Crippen MR) is 88.4 cm³/mol. The Kier molecular flexibility index (Phi) is 7.13. The van der Waals surface area contributed by atoms with Crippen LogP contribution >= 0.6 is 11.6 Å². The van der Waals surface area contributed by atoms with E-state index < -0.39 is 10.0 Å². The lowest BCUT2D eigenvalue weighted by molar-refractivity contribution is 0.370. The van der Waals surface area contributed by atoms with Crippen LogP contribution in [0.1, 0.15) is 24.5 Å². The van der Waals surface area contributed by atoms with Gasteiger partial charge in [0.15, 0.2) is 0 Å². The van der Waals surface area contributed by atoms with Crippen molar-refractivity contribution in [2.24, 2.45) is 0 Å². The molecule has 0 unspecified atom stereocenters. The first-order valence-electron chi connectivity index (χ1n) is 7.11. The summed E-state index contributed by atoms with van der Waals surface area (Å²) in [6.07, 6.45) is 1.65. The second-order valence-electron chi connectivity index (χ2n) is 5.40. The number of hydrogen-bond donors (Lipinski definition) is 0. The molecule has 0 saturated heterocycles. The smallest absolute Gasteiger partial charge is 0.242 e. The molecule has 1 rings (SSSR count). The first-order chi connectivity index (χ1) is 9.82. The summed E-state index contributed by atoms with van der Waals surface area (Å²) in [6, 6.07) is 5.23. The Hall–Kier alpha value is -0.620. The Bertz CT molecular complexity index is 559. The number of benzene rings is 1. The second-order valence-corrected chi connectivity index (χ2v) is 7.71. The van der Waals surface area contributed by atoms with Gasteiger partial charge in [0.05, 0.1) is 4.90 Å². The van der Waals surface area contributed by atoms with Gasteiger partial charge in [0, 0.05) is 19.5 Å². The van der Waals surface area contributed by atoms with E-state index in [4.69, 9.17) is 11.6 Å². The molecule has 0 aliphatic rings. The molecule has 0 aliphatic heterocycles. The Morgan fingerprint density at radius 2 is 1.76 bits per heavy atom. The summed E-state index contributed by atoms with van der Waals surface area (Å²) in [4.78, 5) is 2.37. The van der Waals surface area contributed by atoms with Gasteiger partial charge in [-0.2, -0.15) is 0 Å². The van der Waals surface area contributed by atoms with E-state index in [1.54, 1.807) is 19.2 Å². The van der Waals surface area contributed by atoms with Crippen molar-refractivity contribution in [2.45, 2.75) is 30.5 Å². The van der Waals surface area contributed by atoms with Gasteiger partial charge in [0.2, 0.25) is 10.0 Å². The lowest BCUT2D eigenvalue weighted by atomic mass is 10.1. The summed E-state index contributed by atoms with van der Waals surface area (Å²) >= 11 is 5.92. The van der Waals surface area contributed by atoms with E-state index in [9.17, 15) is 8.42 Å². The van der Waals surface area contributed by atoms with Gasteiger partial charge in [-0.25, -0.2) is 12.7 Å². The fourth-order valence-electron chi connectivity index (χ4n) is 2.14. The molecule has 6 heteroatoms. The van der Waals surface area contributed by atoms with Crippen LogP contribution in [0.25, 0.3) is 0 Å². The standard InChI is InChI=1S/C15H25ClN2O2S/c1-5-13-7-8-15(11-14(13)12-16)21(19,20)18(4)10-6-9-17(2)3/h7-8,11H,5-6,9-10,12H2,1-4H3. The fraction of sp³-hybridized carbons (Fsp3) is 0.600. The van der Waals surface area contributed by atoms with Crippen LogP contribution in [0.2, 0.25) is 0 Å². The quantitative estimate of drug-likeness (QED) is 0.687. The fourth-order valence-corrected chi connectivity index (χ4v) is 3.65. The Labute approximate surface area is 133 Å². The average Bonchev–Trinajstić information content (AvgIpc) is 2.45. The molecular formula is C15H25ClN2O2S. The number of hydrogen-bond acceptors (Lipinski definition) is 3. The van der Waals surface area contributed by atoms with Gasteiger partial charge >= 0.3 is 0 Å². The minimum absolute atomic E-state index is 0.322. The molecule has 0 bridgehead atoms. The first-order valence-corrected chi connectivity index (χ1v) is 9.09. The van der Waals surface area contributed by atoms with Crippen molar-refractivity contribution in [3.05, 3.63) is 29.3 Å². The Morgan fingerprint density at radius 3 is 2.29 bits per heavy atom. The third-order valence-electron chi connectivity index (χ3n) is 3.49. The summed E-state index contributed by atoms with van der Waals surface area (Å²) in [5.41, 5.74) is 1.99. The van der Waals surface area contributed by atoms with E-state index in [0.29, 0.717) is 17.3 Å². The minimum Gasteiger partial charge on any atom is -0.309 e. The van der Waals surface area contributed by atoms with Crippen molar-refractivity contribution in [3.63, 3.8) is 0 Å². The van der Waals surface area contributed by atoms with Crippen LogP contribution in [0, 0.1) is 0 Å². The molecule has 21 heavy (non-hydrogen) atoms. The Morgan fingerprint density at radius 1 is 1.10 bits per heavy atom. The molecule has 0 heterocycles. The maximum atomic E-state index is 12.5. The highest BCUT2D eigenvalue weighted by molar-refractivity contribution is 7.89. The van der Waals surface area contributed by atoms with Gasteiger partial charge in [-0.1, -0.05) is 13.0 Å². The molecule has 0 fully saturated rings. The number of rotatable bonds is 8. The highest BCUT2D eigenvalue weighted by atomic mass is 35.5. The van der Waals surface area contributed by atoms with Crippen LogP contribution in [0.3, 0.4) is 0 Å². The number of alkyl halides is 1. The minimum atomic E-state index is -3.44. The zero-order chi connectivity index (χ0) is 16.0. The van der Waals surface area contributed by atoms with Crippen LogP contribution in [0.15, 0.2) is 23.1 Å². The molecule has 120 valence electrons. The molecule has 0 aliphatic carbocycles. The van der Waals surface area contributed by atoms with E-state index in [1.165, 1.54) is 4.31 Å². The highest BCUT2D eigenvalue weighted by Crippen LogP contribution is 2.21. The van der Waals surface area contributed by atoms with Gasteiger partial charge in [-0.05, 0) is 56.7 Å². The normalized spacial score (nSPS) is 12.3. The number of sulfonamides is 1. The maximum absolute atomic E-state index is 12.5. The van der Waals surface area contributed by atoms with E-state index in [0.717, 1.165) is 30.5 Å². The van der Waals surface area contributed by atoms with Crippen LogP contribution in [0.4, 0.5) is 0 Å². The first kappa shape index (κ1) is 18.4. The van der Waals surface area contributed by atoms with Crippen LogP contribution in [-0.4, -0.2) is 51.9 Å².